The molecule has 0 bridgehead atoms. The second kappa shape index (κ2) is 6.33. The summed E-state index contributed by atoms with van der Waals surface area (Å²) in [6.07, 6.45) is 0.141. The van der Waals surface area contributed by atoms with Gasteiger partial charge in [0.2, 0.25) is 0 Å². The summed E-state index contributed by atoms with van der Waals surface area (Å²) in [5, 5.41) is 18.5. The number of aliphatic hydroxyl groups excluding tert-OH is 1. The van der Waals surface area contributed by atoms with Crippen LogP contribution in [0.5, 0.6) is 0 Å². The minimum Gasteiger partial charge on any atom is -0.510 e. The lowest BCUT2D eigenvalue weighted by Crippen LogP contribution is -2.10. The summed E-state index contributed by atoms with van der Waals surface area (Å²) in [6, 6.07) is 10.8. The maximum absolute atomic E-state index is 11.3. The molecule has 0 atom stereocenters. The number of allylic oxidation sites excluding steroid dienone is 1. The Morgan fingerprint density at radius 3 is 2.59 bits per heavy atom. The van der Waals surface area contributed by atoms with E-state index in [0.717, 1.165) is 5.56 Å². The first kappa shape index (κ1) is 12.8. The number of ether oxygens (including phenoxy) is 1. The van der Waals surface area contributed by atoms with Crippen LogP contribution in [0.25, 0.3) is 0 Å². The largest absolute Gasteiger partial charge is 0.510 e. The second-order valence-electron chi connectivity index (χ2n) is 3.32. The third-order valence-corrected chi connectivity index (χ3v) is 2.09. The molecule has 0 fully saturated rings. The zero-order chi connectivity index (χ0) is 12.7. The summed E-state index contributed by atoms with van der Waals surface area (Å²) in [5.41, 5.74) is 0.484. The lowest BCUT2D eigenvalue weighted by molar-refractivity contribution is -0.138. The standard InChI is InChI=1S/C13H13NO3/c1-2-17-13(16)11(9-14)12(15)8-10-6-4-3-5-7-10/h3-7,15H,2,8H2,1H3. The van der Waals surface area contributed by atoms with Crippen molar-refractivity contribution in [1.29, 1.82) is 5.26 Å². The van der Waals surface area contributed by atoms with E-state index in [1.54, 1.807) is 25.1 Å². The van der Waals surface area contributed by atoms with Crippen molar-refractivity contribution in [2.45, 2.75) is 13.3 Å². The number of carbonyl (C=O) groups excluding carboxylic acids is 1. The van der Waals surface area contributed by atoms with Gasteiger partial charge in [-0.15, -0.1) is 0 Å². The summed E-state index contributed by atoms with van der Waals surface area (Å²) in [4.78, 5) is 11.3. The molecule has 0 saturated heterocycles. The summed E-state index contributed by atoms with van der Waals surface area (Å²) >= 11 is 0. The first-order valence-electron chi connectivity index (χ1n) is 5.22. The van der Waals surface area contributed by atoms with Crippen LogP contribution in [-0.4, -0.2) is 17.7 Å². The molecule has 0 heterocycles. The lowest BCUT2D eigenvalue weighted by atomic mass is 10.1. The molecule has 0 aliphatic heterocycles. The molecule has 17 heavy (non-hydrogen) atoms. The third-order valence-electron chi connectivity index (χ3n) is 2.09. The van der Waals surface area contributed by atoms with Crippen molar-refractivity contribution >= 4 is 5.97 Å². The van der Waals surface area contributed by atoms with E-state index >= 15 is 0 Å². The lowest BCUT2D eigenvalue weighted by Gasteiger charge is -2.04. The van der Waals surface area contributed by atoms with Crippen LogP contribution in [0, 0.1) is 11.3 Å². The van der Waals surface area contributed by atoms with Crippen molar-refractivity contribution in [3.63, 3.8) is 0 Å². The quantitative estimate of drug-likeness (QED) is 0.373. The smallest absolute Gasteiger partial charge is 0.352 e. The minimum atomic E-state index is -0.788. The Morgan fingerprint density at radius 2 is 2.06 bits per heavy atom. The second-order valence-corrected chi connectivity index (χ2v) is 3.32. The molecule has 4 nitrogen and oxygen atoms in total. The van der Waals surface area contributed by atoms with Gasteiger partial charge in [-0.3, -0.25) is 0 Å². The molecule has 0 aromatic heterocycles. The van der Waals surface area contributed by atoms with E-state index in [2.05, 4.69) is 4.74 Å². The molecule has 1 N–H and O–H groups in total. The first-order chi connectivity index (χ1) is 8.19. The molecule has 0 amide bonds. The molecule has 0 radical (unpaired) electrons. The van der Waals surface area contributed by atoms with E-state index in [1.165, 1.54) is 0 Å². The van der Waals surface area contributed by atoms with Gasteiger partial charge in [0.25, 0.3) is 0 Å². The van der Waals surface area contributed by atoms with Gasteiger partial charge in [-0.25, -0.2) is 4.79 Å². The number of benzene rings is 1. The van der Waals surface area contributed by atoms with Crippen molar-refractivity contribution in [3.8, 4) is 6.07 Å². The Morgan fingerprint density at radius 1 is 1.41 bits per heavy atom. The van der Waals surface area contributed by atoms with Crippen LogP contribution in [0.3, 0.4) is 0 Å². The van der Waals surface area contributed by atoms with Crippen LogP contribution >= 0.6 is 0 Å². The Bertz CT molecular complexity index is 457. The number of rotatable bonds is 4. The molecule has 1 rings (SSSR count). The molecule has 1 aromatic carbocycles. The number of aliphatic hydroxyl groups is 1. The number of hydrogen-bond donors (Lipinski definition) is 1. The van der Waals surface area contributed by atoms with E-state index in [-0.39, 0.29) is 24.4 Å². The zero-order valence-electron chi connectivity index (χ0n) is 9.51. The van der Waals surface area contributed by atoms with Gasteiger partial charge in [-0.05, 0) is 12.5 Å². The van der Waals surface area contributed by atoms with Gasteiger partial charge in [-0.1, -0.05) is 30.3 Å². The van der Waals surface area contributed by atoms with Crippen molar-refractivity contribution in [1.82, 2.24) is 0 Å². The molecule has 4 heteroatoms. The highest BCUT2D eigenvalue weighted by atomic mass is 16.5. The van der Waals surface area contributed by atoms with Crippen LogP contribution in [0.4, 0.5) is 0 Å². The Balaban J connectivity index is 2.88. The monoisotopic (exact) mass is 231 g/mol. The van der Waals surface area contributed by atoms with Crippen molar-refractivity contribution in [3.05, 3.63) is 47.2 Å². The predicted molar refractivity (Wildman–Crippen MR) is 62.0 cm³/mol. The number of carbonyl (C=O) groups is 1. The summed E-state index contributed by atoms with van der Waals surface area (Å²) in [5.74, 6) is -1.06. The summed E-state index contributed by atoms with van der Waals surface area (Å²) in [7, 11) is 0. The zero-order valence-corrected chi connectivity index (χ0v) is 9.51. The number of nitriles is 1. The van der Waals surface area contributed by atoms with Gasteiger partial charge in [0.05, 0.1) is 6.61 Å². The SMILES string of the molecule is CCOC(=O)C(C#N)=C(O)Cc1ccccc1. The predicted octanol–water partition coefficient (Wildman–Crippen LogP) is 2.13. The van der Waals surface area contributed by atoms with Crippen LogP contribution in [0.2, 0.25) is 0 Å². The first-order valence-corrected chi connectivity index (χ1v) is 5.22. The van der Waals surface area contributed by atoms with Crippen LogP contribution < -0.4 is 0 Å². The fraction of sp³-hybridized carbons (Fsp3) is 0.231. The van der Waals surface area contributed by atoms with Crippen LogP contribution in [0.15, 0.2) is 41.7 Å². The highest BCUT2D eigenvalue weighted by molar-refractivity contribution is 5.93. The Hall–Kier alpha value is -2.28. The van der Waals surface area contributed by atoms with Gasteiger partial charge >= 0.3 is 5.97 Å². The number of hydrogen-bond acceptors (Lipinski definition) is 4. The maximum Gasteiger partial charge on any atom is 0.352 e. The minimum absolute atomic E-state index is 0.141. The Labute approximate surface area is 99.8 Å². The van der Waals surface area contributed by atoms with E-state index in [4.69, 9.17) is 5.26 Å². The Kier molecular flexibility index (Phi) is 4.77. The fourth-order valence-corrected chi connectivity index (χ4v) is 1.31. The van der Waals surface area contributed by atoms with Gasteiger partial charge in [0, 0.05) is 6.42 Å². The van der Waals surface area contributed by atoms with Crippen molar-refractivity contribution < 1.29 is 14.6 Å². The molecule has 0 aliphatic rings. The molecule has 0 spiro atoms. The van der Waals surface area contributed by atoms with Gasteiger partial charge < -0.3 is 9.84 Å². The average Bonchev–Trinajstić information content (AvgIpc) is 2.31. The topological polar surface area (TPSA) is 70.3 Å². The van der Waals surface area contributed by atoms with Crippen molar-refractivity contribution in [2.75, 3.05) is 6.61 Å². The highest BCUT2D eigenvalue weighted by Gasteiger charge is 2.16. The normalized spacial score (nSPS) is 11.3. The summed E-state index contributed by atoms with van der Waals surface area (Å²) < 4.78 is 4.67. The average molecular weight is 231 g/mol. The third kappa shape index (κ3) is 3.65. The van der Waals surface area contributed by atoms with Crippen molar-refractivity contribution in [2.24, 2.45) is 0 Å². The molecule has 0 saturated carbocycles. The summed E-state index contributed by atoms with van der Waals surface area (Å²) in [6.45, 7) is 1.81. The number of esters is 1. The maximum atomic E-state index is 11.3. The van der Waals surface area contributed by atoms with Crippen LogP contribution in [-0.2, 0) is 16.0 Å². The molecule has 1 aromatic rings. The highest BCUT2D eigenvalue weighted by Crippen LogP contribution is 2.10. The van der Waals surface area contributed by atoms with E-state index in [1.807, 2.05) is 18.2 Å². The van der Waals surface area contributed by atoms with Gasteiger partial charge in [0.1, 0.15) is 11.8 Å². The molecule has 0 unspecified atom stereocenters. The molecular formula is C13H13NO3. The fourth-order valence-electron chi connectivity index (χ4n) is 1.31. The molecule has 88 valence electrons. The van der Waals surface area contributed by atoms with E-state index in [9.17, 15) is 9.90 Å². The molecular weight excluding hydrogens is 218 g/mol. The van der Waals surface area contributed by atoms with Gasteiger partial charge in [0.15, 0.2) is 5.57 Å². The van der Waals surface area contributed by atoms with Gasteiger partial charge in [-0.2, -0.15) is 5.26 Å². The van der Waals surface area contributed by atoms with E-state index in [0.29, 0.717) is 0 Å². The molecule has 0 aliphatic carbocycles. The van der Waals surface area contributed by atoms with E-state index < -0.39 is 5.97 Å². The number of nitrogens with zero attached hydrogens (tertiary/aromatic N) is 1. The van der Waals surface area contributed by atoms with Crippen LogP contribution in [0.1, 0.15) is 12.5 Å².